The van der Waals surface area contributed by atoms with E-state index in [9.17, 15) is 0 Å². The van der Waals surface area contributed by atoms with Crippen LogP contribution in [-0.2, 0) is 18.5 Å². The van der Waals surface area contributed by atoms with E-state index in [0.717, 1.165) is 23.4 Å². The van der Waals surface area contributed by atoms with E-state index < -0.39 is 0 Å². The van der Waals surface area contributed by atoms with Crippen LogP contribution in [0.4, 0.5) is 0 Å². The lowest BCUT2D eigenvalue weighted by Crippen LogP contribution is -2.19. The predicted molar refractivity (Wildman–Crippen MR) is 101 cm³/mol. The van der Waals surface area contributed by atoms with Gasteiger partial charge in [-0.15, -0.1) is 0 Å². The Labute approximate surface area is 144 Å². The molecule has 0 spiro atoms. The van der Waals surface area contributed by atoms with E-state index in [4.69, 9.17) is 10.7 Å². The normalized spacial score (nSPS) is 12.1. The Hall–Kier alpha value is -2.13. The van der Waals surface area contributed by atoms with Gasteiger partial charge in [0.25, 0.3) is 0 Å². The highest BCUT2D eigenvalue weighted by Crippen LogP contribution is 2.29. The number of rotatable bonds is 3. The zero-order chi connectivity index (χ0) is 17.5. The van der Waals surface area contributed by atoms with Crippen LogP contribution in [0, 0.1) is 13.8 Å². The van der Waals surface area contributed by atoms with Crippen LogP contribution in [0.2, 0.25) is 0 Å². The number of aromatic nitrogens is 2. The van der Waals surface area contributed by atoms with E-state index in [-0.39, 0.29) is 5.41 Å². The highest BCUT2D eigenvalue weighted by Gasteiger charge is 2.23. The predicted octanol–water partition coefficient (Wildman–Crippen LogP) is 4.46. The summed E-state index contributed by atoms with van der Waals surface area (Å²) >= 11 is 0. The number of benzene rings is 2. The van der Waals surface area contributed by atoms with E-state index in [1.807, 2.05) is 0 Å². The molecule has 2 aromatic carbocycles. The Kier molecular flexibility index (Phi) is 4.22. The molecule has 0 aliphatic rings. The standard InChI is InChI=1S/C21H27N3/c1-14-10-18-19(11-15(14)2)24(20(23-18)21(3,4)5)13-17-8-6-16(12-22)7-9-17/h6-11H,12-13,22H2,1-5H3. The highest BCUT2D eigenvalue weighted by atomic mass is 15.1. The van der Waals surface area contributed by atoms with Gasteiger partial charge in [-0.3, -0.25) is 0 Å². The van der Waals surface area contributed by atoms with Gasteiger partial charge in [0, 0.05) is 18.5 Å². The van der Waals surface area contributed by atoms with Crippen molar-refractivity contribution in [3.63, 3.8) is 0 Å². The zero-order valence-electron chi connectivity index (χ0n) is 15.4. The first-order chi connectivity index (χ1) is 11.3. The monoisotopic (exact) mass is 321 g/mol. The summed E-state index contributed by atoms with van der Waals surface area (Å²) in [5.74, 6) is 1.13. The second-order valence-electron chi connectivity index (χ2n) is 7.72. The second kappa shape index (κ2) is 6.06. The van der Waals surface area contributed by atoms with Gasteiger partial charge >= 0.3 is 0 Å². The van der Waals surface area contributed by atoms with Crippen LogP contribution < -0.4 is 5.73 Å². The number of hydrogen-bond acceptors (Lipinski definition) is 2. The summed E-state index contributed by atoms with van der Waals surface area (Å²) in [6, 6.07) is 13.0. The molecule has 0 atom stereocenters. The maximum atomic E-state index is 5.71. The number of hydrogen-bond donors (Lipinski definition) is 1. The molecule has 24 heavy (non-hydrogen) atoms. The number of fused-ring (bicyclic) bond motifs is 1. The first-order valence-electron chi connectivity index (χ1n) is 8.55. The summed E-state index contributed by atoms with van der Waals surface area (Å²) in [6.45, 7) is 12.4. The van der Waals surface area contributed by atoms with Gasteiger partial charge in [0.1, 0.15) is 5.82 Å². The van der Waals surface area contributed by atoms with Gasteiger partial charge in [0.2, 0.25) is 0 Å². The minimum Gasteiger partial charge on any atom is -0.326 e. The van der Waals surface area contributed by atoms with Crippen molar-refractivity contribution in [1.29, 1.82) is 0 Å². The first-order valence-corrected chi connectivity index (χ1v) is 8.55. The van der Waals surface area contributed by atoms with Crippen LogP contribution >= 0.6 is 0 Å². The van der Waals surface area contributed by atoms with Crippen molar-refractivity contribution < 1.29 is 0 Å². The topological polar surface area (TPSA) is 43.8 Å². The molecule has 3 nitrogen and oxygen atoms in total. The van der Waals surface area contributed by atoms with Crippen molar-refractivity contribution in [3.8, 4) is 0 Å². The lowest BCUT2D eigenvalue weighted by molar-refractivity contribution is 0.516. The molecule has 0 amide bonds. The van der Waals surface area contributed by atoms with Crippen LogP contribution in [0.15, 0.2) is 36.4 Å². The molecule has 3 heteroatoms. The van der Waals surface area contributed by atoms with E-state index >= 15 is 0 Å². The Morgan fingerprint density at radius 2 is 1.54 bits per heavy atom. The van der Waals surface area contributed by atoms with E-state index in [1.54, 1.807) is 0 Å². The third-order valence-electron chi connectivity index (χ3n) is 4.63. The molecule has 0 aliphatic carbocycles. The minimum absolute atomic E-state index is 0.00196. The summed E-state index contributed by atoms with van der Waals surface area (Å²) in [7, 11) is 0. The number of nitrogens with zero attached hydrogens (tertiary/aromatic N) is 2. The molecule has 0 unspecified atom stereocenters. The van der Waals surface area contributed by atoms with E-state index in [1.165, 1.54) is 22.2 Å². The van der Waals surface area contributed by atoms with Crippen LogP contribution in [0.25, 0.3) is 11.0 Å². The fraction of sp³-hybridized carbons (Fsp3) is 0.381. The molecule has 0 aliphatic heterocycles. The molecule has 0 radical (unpaired) electrons. The van der Waals surface area contributed by atoms with Gasteiger partial charge in [-0.1, -0.05) is 45.0 Å². The lowest BCUT2D eigenvalue weighted by atomic mass is 9.95. The van der Waals surface area contributed by atoms with Gasteiger partial charge < -0.3 is 10.3 Å². The highest BCUT2D eigenvalue weighted by molar-refractivity contribution is 5.78. The third-order valence-corrected chi connectivity index (χ3v) is 4.63. The maximum Gasteiger partial charge on any atom is 0.115 e. The molecule has 1 heterocycles. The summed E-state index contributed by atoms with van der Waals surface area (Å²) in [5, 5.41) is 0. The first kappa shape index (κ1) is 16.7. The molecule has 0 saturated heterocycles. The fourth-order valence-corrected chi connectivity index (χ4v) is 3.08. The number of aryl methyl sites for hydroxylation is 2. The lowest BCUT2D eigenvalue weighted by Gasteiger charge is -2.20. The van der Waals surface area contributed by atoms with Gasteiger partial charge in [-0.05, 0) is 48.2 Å². The molecule has 3 rings (SSSR count). The van der Waals surface area contributed by atoms with Crippen LogP contribution in [0.5, 0.6) is 0 Å². The van der Waals surface area contributed by atoms with Crippen molar-refractivity contribution in [2.75, 3.05) is 0 Å². The van der Waals surface area contributed by atoms with Crippen molar-refractivity contribution in [3.05, 3.63) is 64.5 Å². The SMILES string of the molecule is Cc1cc2nc(C(C)(C)C)n(Cc3ccc(CN)cc3)c2cc1C. The molecule has 3 aromatic rings. The van der Waals surface area contributed by atoms with Gasteiger partial charge in [0.05, 0.1) is 11.0 Å². The molecule has 0 bridgehead atoms. The second-order valence-corrected chi connectivity index (χ2v) is 7.72. The summed E-state index contributed by atoms with van der Waals surface area (Å²) in [5.41, 5.74) is 13.0. The molecule has 126 valence electrons. The average Bonchev–Trinajstić information content (AvgIpc) is 2.87. The van der Waals surface area contributed by atoms with Gasteiger partial charge in [-0.25, -0.2) is 4.98 Å². The van der Waals surface area contributed by atoms with Crippen molar-refractivity contribution in [2.24, 2.45) is 5.73 Å². The van der Waals surface area contributed by atoms with E-state index in [0.29, 0.717) is 6.54 Å². The fourth-order valence-electron chi connectivity index (χ4n) is 3.08. The summed E-state index contributed by atoms with van der Waals surface area (Å²) in [4.78, 5) is 4.96. The van der Waals surface area contributed by atoms with Crippen molar-refractivity contribution >= 4 is 11.0 Å². The molecular weight excluding hydrogens is 294 g/mol. The number of imidazole rings is 1. The molecule has 2 N–H and O–H groups in total. The maximum absolute atomic E-state index is 5.71. The molecule has 0 saturated carbocycles. The molecule has 1 aromatic heterocycles. The summed E-state index contributed by atoms with van der Waals surface area (Å²) < 4.78 is 2.36. The Balaban J connectivity index is 2.14. The Bertz CT molecular complexity index is 865. The average molecular weight is 321 g/mol. The minimum atomic E-state index is -0.00196. The van der Waals surface area contributed by atoms with Crippen molar-refractivity contribution in [2.45, 2.75) is 53.1 Å². The molecule has 0 fully saturated rings. The quantitative estimate of drug-likeness (QED) is 0.774. The van der Waals surface area contributed by atoms with Crippen molar-refractivity contribution in [1.82, 2.24) is 9.55 Å². The summed E-state index contributed by atoms with van der Waals surface area (Å²) in [6.07, 6.45) is 0. The largest absolute Gasteiger partial charge is 0.326 e. The smallest absolute Gasteiger partial charge is 0.115 e. The van der Waals surface area contributed by atoms with Crippen LogP contribution in [0.1, 0.15) is 48.8 Å². The van der Waals surface area contributed by atoms with Gasteiger partial charge in [0.15, 0.2) is 0 Å². The van der Waals surface area contributed by atoms with Gasteiger partial charge in [-0.2, -0.15) is 0 Å². The Morgan fingerprint density at radius 1 is 0.958 bits per heavy atom. The van der Waals surface area contributed by atoms with Crippen LogP contribution in [-0.4, -0.2) is 9.55 Å². The zero-order valence-corrected chi connectivity index (χ0v) is 15.4. The van der Waals surface area contributed by atoms with E-state index in [2.05, 4.69) is 75.6 Å². The number of nitrogens with two attached hydrogens (primary N) is 1. The van der Waals surface area contributed by atoms with Crippen LogP contribution in [0.3, 0.4) is 0 Å². The molecular formula is C21H27N3. The Morgan fingerprint density at radius 3 is 2.12 bits per heavy atom. The third kappa shape index (κ3) is 3.09.